The lowest BCUT2D eigenvalue weighted by Gasteiger charge is -2.13. The Hall–Kier alpha value is -2.29. The number of nitrogens with one attached hydrogen (secondary N) is 1. The van der Waals surface area contributed by atoms with E-state index in [4.69, 9.17) is 5.73 Å². The maximum atomic E-state index is 11.3. The molecule has 0 aliphatic carbocycles. The Balaban J connectivity index is 2.19. The Kier molecular flexibility index (Phi) is 3.85. The summed E-state index contributed by atoms with van der Waals surface area (Å²) in [4.78, 5) is 11.3. The minimum Gasteiger partial charge on any atom is -0.381 e. The van der Waals surface area contributed by atoms with Crippen LogP contribution in [0.3, 0.4) is 0 Å². The van der Waals surface area contributed by atoms with Gasteiger partial charge in [-0.1, -0.05) is 30.3 Å². The molecule has 3 N–H and O–H groups in total. The molecular formula is C16H18N2O. The van der Waals surface area contributed by atoms with Crippen LogP contribution in [0, 0.1) is 13.8 Å². The molecule has 0 atom stereocenters. The van der Waals surface area contributed by atoms with Gasteiger partial charge in [-0.25, -0.2) is 0 Å². The quantitative estimate of drug-likeness (QED) is 0.881. The molecule has 2 rings (SSSR count). The van der Waals surface area contributed by atoms with E-state index < -0.39 is 5.91 Å². The number of rotatable bonds is 4. The van der Waals surface area contributed by atoms with Crippen molar-refractivity contribution in [3.8, 4) is 0 Å². The summed E-state index contributed by atoms with van der Waals surface area (Å²) < 4.78 is 0. The second-order valence-corrected chi connectivity index (χ2v) is 4.62. The molecule has 3 heteroatoms. The number of amides is 1. The lowest BCUT2D eigenvalue weighted by atomic mass is 10.1. The summed E-state index contributed by atoms with van der Waals surface area (Å²) in [5.74, 6) is -0.390. The first-order chi connectivity index (χ1) is 9.09. The third-order valence-corrected chi connectivity index (χ3v) is 3.36. The van der Waals surface area contributed by atoms with Gasteiger partial charge in [0, 0.05) is 17.8 Å². The SMILES string of the molecule is Cc1cccc(NCc2ccccc2C(N)=O)c1C. The Bertz CT molecular complexity index is 605. The molecule has 3 nitrogen and oxygen atoms in total. The van der Waals surface area contributed by atoms with Gasteiger partial charge in [0.1, 0.15) is 0 Å². The van der Waals surface area contributed by atoms with E-state index >= 15 is 0 Å². The zero-order valence-corrected chi connectivity index (χ0v) is 11.2. The summed E-state index contributed by atoms with van der Waals surface area (Å²) in [7, 11) is 0. The number of primary amides is 1. The van der Waals surface area contributed by atoms with E-state index in [1.807, 2.05) is 30.3 Å². The van der Waals surface area contributed by atoms with Crippen molar-refractivity contribution in [1.82, 2.24) is 0 Å². The Morgan fingerprint density at radius 2 is 1.84 bits per heavy atom. The fourth-order valence-corrected chi connectivity index (χ4v) is 2.05. The van der Waals surface area contributed by atoms with Crippen LogP contribution in [0.5, 0.6) is 0 Å². The maximum Gasteiger partial charge on any atom is 0.249 e. The molecule has 0 spiro atoms. The molecule has 2 aromatic carbocycles. The van der Waals surface area contributed by atoms with E-state index in [1.54, 1.807) is 6.07 Å². The molecule has 0 bridgehead atoms. The largest absolute Gasteiger partial charge is 0.381 e. The van der Waals surface area contributed by atoms with Gasteiger partial charge >= 0.3 is 0 Å². The van der Waals surface area contributed by atoms with Crippen LogP contribution in [0.2, 0.25) is 0 Å². The monoisotopic (exact) mass is 254 g/mol. The fraction of sp³-hybridized carbons (Fsp3) is 0.188. The number of aryl methyl sites for hydroxylation is 1. The Morgan fingerprint density at radius 3 is 2.58 bits per heavy atom. The number of benzene rings is 2. The number of anilines is 1. The van der Waals surface area contributed by atoms with Crippen molar-refractivity contribution in [3.63, 3.8) is 0 Å². The van der Waals surface area contributed by atoms with Gasteiger partial charge in [-0.3, -0.25) is 4.79 Å². The first-order valence-corrected chi connectivity index (χ1v) is 6.27. The number of nitrogens with two attached hydrogens (primary N) is 1. The van der Waals surface area contributed by atoms with E-state index in [9.17, 15) is 4.79 Å². The minimum absolute atomic E-state index is 0.390. The maximum absolute atomic E-state index is 11.3. The molecule has 98 valence electrons. The highest BCUT2D eigenvalue weighted by Crippen LogP contribution is 2.19. The van der Waals surface area contributed by atoms with Crippen LogP contribution < -0.4 is 11.1 Å². The second kappa shape index (κ2) is 5.57. The first kappa shape index (κ1) is 13.1. The average Bonchev–Trinajstić information content (AvgIpc) is 2.40. The second-order valence-electron chi connectivity index (χ2n) is 4.62. The van der Waals surface area contributed by atoms with E-state index in [2.05, 4.69) is 25.2 Å². The molecule has 0 saturated carbocycles. The Labute approximate surface area is 113 Å². The predicted molar refractivity (Wildman–Crippen MR) is 78.2 cm³/mol. The molecule has 2 aromatic rings. The van der Waals surface area contributed by atoms with Crippen LogP contribution in [0.1, 0.15) is 27.0 Å². The molecule has 1 amide bonds. The molecule has 0 fully saturated rings. The fourth-order valence-electron chi connectivity index (χ4n) is 2.05. The Morgan fingerprint density at radius 1 is 1.11 bits per heavy atom. The number of carbonyl (C=O) groups excluding carboxylic acids is 1. The van der Waals surface area contributed by atoms with Gasteiger partial charge in [0.25, 0.3) is 0 Å². The molecular weight excluding hydrogens is 236 g/mol. The van der Waals surface area contributed by atoms with Crippen LogP contribution >= 0.6 is 0 Å². The van der Waals surface area contributed by atoms with Crippen LogP contribution in [0.4, 0.5) is 5.69 Å². The van der Waals surface area contributed by atoms with E-state index in [1.165, 1.54) is 11.1 Å². The number of hydrogen-bond donors (Lipinski definition) is 2. The molecule has 0 radical (unpaired) electrons. The average molecular weight is 254 g/mol. The van der Waals surface area contributed by atoms with Crippen molar-refractivity contribution in [3.05, 3.63) is 64.7 Å². The zero-order valence-electron chi connectivity index (χ0n) is 11.2. The highest BCUT2D eigenvalue weighted by atomic mass is 16.1. The summed E-state index contributed by atoms with van der Waals surface area (Å²) in [5.41, 5.74) is 10.4. The smallest absolute Gasteiger partial charge is 0.249 e. The summed E-state index contributed by atoms with van der Waals surface area (Å²) >= 11 is 0. The van der Waals surface area contributed by atoms with Crippen LogP contribution in [0.25, 0.3) is 0 Å². The third kappa shape index (κ3) is 2.94. The van der Waals surface area contributed by atoms with Crippen molar-refractivity contribution in [2.45, 2.75) is 20.4 Å². The minimum atomic E-state index is -0.390. The van der Waals surface area contributed by atoms with Gasteiger partial charge in [-0.05, 0) is 42.7 Å². The van der Waals surface area contributed by atoms with Gasteiger partial charge in [-0.2, -0.15) is 0 Å². The zero-order chi connectivity index (χ0) is 13.8. The van der Waals surface area contributed by atoms with Gasteiger partial charge in [0.2, 0.25) is 5.91 Å². The van der Waals surface area contributed by atoms with Crippen LogP contribution in [-0.2, 0) is 6.54 Å². The van der Waals surface area contributed by atoms with Gasteiger partial charge < -0.3 is 11.1 Å². The lowest BCUT2D eigenvalue weighted by molar-refractivity contribution is 0.0999. The van der Waals surface area contributed by atoms with E-state index in [0.29, 0.717) is 12.1 Å². The van der Waals surface area contributed by atoms with Crippen LogP contribution in [-0.4, -0.2) is 5.91 Å². The molecule has 19 heavy (non-hydrogen) atoms. The summed E-state index contributed by atoms with van der Waals surface area (Å²) in [6.07, 6.45) is 0. The van der Waals surface area contributed by atoms with E-state index in [0.717, 1.165) is 11.3 Å². The van der Waals surface area contributed by atoms with Crippen molar-refractivity contribution in [2.75, 3.05) is 5.32 Å². The van der Waals surface area contributed by atoms with Crippen molar-refractivity contribution in [1.29, 1.82) is 0 Å². The first-order valence-electron chi connectivity index (χ1n) is 6.27. The van der Waals surface area contributed by atoms with E-state index in [-0.39, 0.29) is 0 Å². The summed E-state index contributed by atoms with van der Waals surface area (Å²) in [6, 6.07) is 13.5. The molecule has 0 heterocycles. The third-order valence-electron chi connectivity index (χ3n) is 3.36. The van der Waals surface area contributed by atoms with Gasteiger partial charge in [0.05, 0.1) is 0 Å². The predicted octanol–water partition coefficient (Wildman–Crippen LogP) is 3.01. The summed E-state index contributed by atoms with van der Waals surface area (Å²) in [5, 5.41) is 3.36. The lowest BCUT2D eigenvalue weighted by Crippen LogP contribution is -2.15. The molecule has 0 aromatic heterocycles. The normalized spacial score (nSPS) is 10.2. The van der Waals surface area contributed by atoms with Crippen molar-refractivity contribution >= 4 is 11.6 Å². The van der Waals surface area contributed by atoms with Gasteiger partial charge in [0.15, 0.2) is 0 Å². The topological polar surface area (TPSA) is 55.1 Å². The standard InChI is InChI=1S/C16H18N2O/c1-11-6-5-9-15(12(11)2)18-10-13-7-3-4-8-14(13)16(17)19/h3-9,18H,10H2,1-2H3,(H2,17,19). The van der Waals surface area contributed by atoms with Gasteiger partial charge in [-0.15, -0.1) is 0 Å². The van der Waals surface area contributed by atoms with Crippen LogP contribution in [0.15, 0.2) is 42.5 Å². The molecule has 0 aliphatic heterocycles. The molecule has 0 aliphatic rings. The molecule has 0 saturated heterocycles. The highest BCUT2D eigenvalue weighted by Gasteiger charge is 2.07. The summed E-state index contributed by atoms with van der Waals surface area (Å²) in [6.45, 7) is 4.75. The molecule has 0 unspecified atom stereocenters. The highest BCUT2D eigenvalue weighted by molar-refractivity contribution is 5.94. The number of carbonyl (C=O) groups is 1. The van der Waals surface area contributed by atoms with Crippen molar-refractivity contribution < 1.29 is 4.79 Å². The number of hydrogen-bond acceptors (Lipinski definition) is 2. The van der Waals surface area contributed by atoms with Crippen molar-refractivity contribution in [2.24, 2.45) is 5.73 Å².